The van der Waals surface area contributed by atoms with Crippen LogP contribution in [0.15, 0.2) is 18.2 Å². The second-order valence-corrected chi connectivity index (χ2v) is 3.87. The lowest BCUT2D eigenvalue weighted by molar-refractivity contribution is 0.141. The van der Waals surface area contributed by atoms with Crippen molar-refractivity contribution in [1.82, 2.24) is 0 Å². The minimum atomic E-state index is 0.230. The van der Waals surface area contributed by atoms with E-state index in [1.807, 2.05) is 26.0 Å². The van der Waals surface area contributed by atoms with Gasteiger partial charge in [-0.05, 0) is 32.0 Å². The Hall–Kier alpha value is -0.930. The SMILES string of the molecule is CCOCC(C)Nc1ccc(Cl)cc1N. The third-order valence-electron chi connectivity index (χ3n) is 1.99. The summed E-state index contributed by atoms with van der Waals surface area (Å²) in [4.78, 5) is 0. The van der Waals surface area contributed by atoms with Crippen LogP contribution in [-0.4, -0.2) is 19.3 Å². The zero-order valence-electron chi connectivity index (χ0n) is 9.09. The zero-order valence-corrected chi connectivity index (χ0v) is 9.84. The van der Waals surface area contributed by atoms with Crippen LogP contribution in [0.4, 0.5) is 11.4 Å². The molecule has 0 fully saturated rings. The van der Waals surface area contributed by atoms with Crippen LogP contribution in [0.1, 0.15) is 13.8 Å². The molecule has 0 saturated carbocycles. The number of nitrogens with one attached hydrogen (secondary N) is 1. The smallest absolute Gasteiger partial charge is 0.0664 e. The number of nitrogens with two attached hydrogens (primary N) is 1. The van der Waals surface area contributed by atoms with Gasteiger partial charge in [-0.15, -0.1) is 0 Å². The van der Waals surface area contributed by atoms with Crippen LogP contribution >= 0.6 is 11.6 Å². The largest absolute Gasteiger partial charge is 0.397 e. The molecule has 1 unspecified atom stereocenters. The lowest BCUT2D eigenvalue weighted by Gasteiger charge is -2.16. The van der Waals surface area contributed by atoms with Crippen LogP contribution in [0.25, 0.3) is 0 Å². The zero-order chi connectivity index (χ0) is 11.3. The molecule has 84 valence electrons. The highest BCUT2D eigenvalue weighted by atomic mass is 35.5. The molecule has 1 rings (SSSR count). The molecular weight excluding hydrogens is 212 g/mol. The Labute approximate surface area is 95.6 Å². The van der Waals surface area contributed by atoms with Crippen LogP contribution in [0.2, 0.25) is 5.02 Å². The molecule has 0 amide bonds. The molecule has 0 aliphatic carbocycles. The third kappa shape index (κ3) is 3.98. The molecule has 1 atom stereocenters. The first-order chi connectivity index (χ1) is 7.13. The summed E-state index contributed by atoms with van der Waals surface area (Å²) in [5.74, 6) is 0. The van der Waals surface area contributed by atoms with Crippen molar-refractivity contribution in [2.45, 2.75) is 19.9 Å². The molecule has 1 aromatic rings. The van der Waals surface area contributed by atoms with Crippen molar-refractivity contribution in [2.24, 2.45) is 0 Å². The van der Waals surface area contributed by atoms with Gasteiger partial charge in [-0.1, -0.05) is 11.6 Å². The number of hydrogen-bond acceptors (Lipinski definition) is 3. The molecule has 0 radical (unpaired) electrons. The first kappa shape index (κ1) is 12.1. The fraction of sp³-hybridized carbons (Fsp3) is 0.455. The number of ether oxygens (including phenoxy) is 1. The van der Waals surface area contributed by atoms with E-state index in [0.717, 1.165) is 12.3 Å². The summed E-state index contributed by atoms with van der Waals surface area (Å²) < 4.78 is 5.30. The van der Waals surface area contributed by atoms with E-state index >= 15 is 0 Å². The van der Waals surface area contributed by atoms with E-state index in [4.69, 9.17) is 22.1 Å². The van der Waals surface area contributed by atoms with Gasteiger partial charge in [0, 0.05) is 17.7 Å². The molecule has 3 nitrogen and oxygen atoms in total. The molecule has 4 heteroatoms. The summed E-state index contributed by atoms with van der Waals surface area (Å²) >= 11 is 5.80. The predicted octanol–water partition coefficient (Wildman–Crippen LogP) is 2.76. The Morgan fingerprint density at radius 1 is 1.53 bits per heavy atom. The number of hydrogen-bond donors (Lipinski definition) is 2. The second-order valence-electron chi connectivity index (χ2n) is 3.44. The Morgan fingerprint density at radius 2 is 2.27 bits per heavy atom. The summed E-state index contributed by atoms with van der Waals surface area (Å²) in [5, 5.41) is 3.91. The van der Waals surface area contributed by atoms with Crippen molar-refractivity contribution in [1.29, 1.82) is 0 Å². The van der Waals surface area contributed by atoms with Crippen molar-refractivity contribution in [3.8, 4) is 0 Å². The van der Waals surface area contributed by atoms with Gasteiger partial charge in [-0.25, -0.2) is 0 Å². The molecule has 0 aromatic heterocycles. The third-order valence-corrected chi connectivity index (χ3v) is 2.22. The highest BCUT2D eigenvalue weighted by molar-refractivity contribution is 6.31. The predicted molar refractivity (Wildman–Crippen MR) is 65.4 cm³/mol. The van der Waals surface area contributed by atoms with Gasteiger partial charge < -0.3 is 15.8 Å². The Kier molecular flexibility index (Phi) is 4.72. The standard InChI is InChI=1S/C11H17ClN2O/c1-3-15-7-8(2)14-11-5-4-9(12)6-10(11)13/h4-6,8,14H,3,7,13H2,1-2H3. The lowest BCUT2D eigenvalue weighted by Crippen LogP contribution is -2.22. The fourth-order valence-electron chi connectivity index (χ4n) is 1.27. The van der Waals surface area contributed by atoms with E-state index in [1.165, 1.54) is 0 Å². The van der Waals surface area contributed by atoms with Gasteiger partial charge >= 0.3 is 0 Å². The molecule has 0 bridgehead atoms. The van der Waals surface area contributed by atoms with E-state index in [1.54, 1.807) is 6.07 Å². The Balaban J connectivity index is 2.56. The summed E-state index contributed by atoms with van der Waals surface area (Å²) in [7, 11) is 0. The number of halogens is 1. The molecule has 0 aliphatic rings. The number of benzene rings is 1. The second kappa shape index (κ2) is 5.83. The average Bonchev–Trinajstić information content (AvgIpc) is 2.19. The van der Waals surface area contributed by atoms with Crippen LogP contribution < -0.4 is 11.1 Å². The van der Waals surface area contributed by atoms with E-state index in [0.29, 0.717) is 17.3 Å². The molecule has 0 aliphatic heterocycles. The van der Waals surface area contributed by atoms with Crippen molar-refractivity contribution < 1.29 is 4.74 Å². The molecule has 3 N–H and O–H groups in total. The summed E-state index contributed by atoms with van der Waals surface area (Å²) in [6, 6.07) is 5.65. The number of rotatable bonds is 5. The molecule has 0 spiro atoms. The van der Waals surface area contributed by atoms with Crippen molar-refractivity contribution >= 4 is 23.0 Å². The van der Waals surface area contributed by atoms with Crippen molar-refractivity contribution in [3.63, 3.8) is 0 Å². The van der Waals surface area contributed by atoms with E-state index < -0.39 is 0 Å². The van der Waals surface area contributed by atoms with Gasteiger partial charge in [0.25, 0.3) is 0 Å². The Morgan fingerprint density at radius 3 is 2.87 bits per heavy atom. The topological polar surface area (TPSA) is 47.3 Å². The first-order valence-corrected chi connectivity index (χ1v) is 5.40. The van der Waals surface area contributed by atoms with Crippen LogP contribution in [-0.2, 0) is 4.74 Å². The maximum Gasteiger partial charge on any atom is 0.0664 e. The summed E-state index contributed by atoms with van der Waals surface area (Å²) in [5.41, 5.74) is 7.36. The van der Waals surface area contributed by atoms with E-state index in [9.17, 15) is 0 Å². The number of nitrogen functional groups attached to an aromatic ring is 1. The van der Waals surface area contributed by atoms with E-state index in [2.05, 4.69) is 5.32 Å². The first-order valence-electron chi connectivity index (χ1n) is 5.02. The molecule has 0 heterocycles. The maximum absolute atomic E-state index is 5.81. The van der Waals surface area contributed by atoms with E-state index in [-0.39, 0.29) is 6.04 Å². The average molecular weight is 229 g/mol. The minimum absolute atomic E-state index is 0.230. The van der Waals surface area contributed by atoms with Gasteiger partial charge in [0.1, 0.15) is 0 Å². The molecule has 1 aromatic carbocycles. The van der Waals surface area contributed by atoms with Gasteiger partial charge in [0.2, 0.25) is 0 Å². The summed E-state index contributed by atoms with van der Waals surface area (Å²) in [6.45, 7) is 5.41. The van der Waals surface area contributed by atoms with Crippen LogP contribution in [0, 0.1) is 0 Å². The van der Waals surface area contributed by atoms with Gasteiger partial charge in [-0.2, -0.15) is 0 Å². The molecule has 15 heavy (non-hydrogen) atoms. The maximum atomic E-state index is 5.81. The van der Waals surface area contributed by atoms with Crippen LogP contribution in [0.5, 0.6) is 0 Å². The highest BCUT2D eigenvalue weighted by Gasteiger charge is 2.04. The van der Waals surface area contributed by atoms with Crippen LogP contribution in [0.3, 0.4) is 0 Å². The van der Waals surface area contributed by atoms with Gasteiger partial charge in [0.05, 0.1) is 18.0 Å². The van der Waals surface area contributed by atoms with Crippen molar-refractivity contribution in [3.05, 3.63) is 23.2 Å². The number of anilines is 2. The summed E-state index contributed by atoms with van der Waals surface area (Å²) in [6.07, 6.45) is 0. The highest BCUT2D eigenvalue weighted by Crippen LogP contribution is 2.23. The normalized spacial score (nSPS) is 12.5. The molecular formula is C11H17ClN2O. The Bertz CT molecular complexity index is 317. The lowest BCUT2D eigenvalue weighted by atomic mass is 10.2. The quantitative estimate of drug-likeness (QED) is 0.762. The fourth-order valence-corrected chi connectivity index (χ4v) is 1.45. The molecule has 0 saturated heterocycles. The minimum Gasteiger partial charge on any atom is -0.397 e. The van der Waals surface area contributed by atoms with Gasteiger partial charge in [-0.3, -0.25) is 0 Å². The van der Waals surface area contributed by atoms with Gasteiger partial charge in [0.15, 0.2) is 0 Å². The van der Waals surface area contributed by atoms with Crippen molar-refractivity contribution in [2.75, 3.05) is 24.3 Å². The monoisotopic (exact) mass is 228 g/mol.